The zero-order valence-electron chi connectivity index (χ0n) is 17.1. The lowest BCUT2D eigenvalue weighted by molar-refractivity contribution is -0.117. The maximum atomic E-state index is 12.8. The molecule has 1 aromatic heterocycles. The lowest BCUT2D eigenvalue weighted by Crippen LogP contribution is -2.15. The summed E-state index contributed by atoms with van der Waals surface area (Å²) in [7, 11) is 1.36. The van der Waals surface area contributed by atoms with Crippen molar-refractivity contribution in [3.63, 3.8) is 0 Å². The van der Waals surface area contributed by atoms with Crippen LogP contribution < -0.4 is 5.32 Å². The number of ether oxygens (including phenoxy) is 1. The van der Waals surface area contributed by atoms with Crippen molar-refractivity contribution in [2.75, 3.05) is 12.4 Å². The van der Waals surface area contributed by atoms with Crippen molar-refractivity contribution >= 4 is 28.5 Å². The minimum atomic E-state index is -0.437. The predicted molar refractivity (Wildman–Crippen MR) is 121 cm³/mol. The predicted octanol–water partition coefficient (Wildman–Crippen LogP) is 5.36. The van der Waals surface area contributed by atoms with Gasteiger partial charge >= 0.3 is 5.97 Å². The van der Waals surface area contributed by atoms with Gasteiger partial charge in [-0.25, -0.2) is 4.79 Å². The van der Waals surface area contributed by atoms with Gasteiger partial charge in [-0.3, -0.25) is 4.79 Å². The highest BCUT2D eigenvalue weighted by Gasteiger charge is 2.43. The van der Waals surface area contributed by atoms with E-state index < -0.39 is 5.97 Å². The maximum Gasteiger partial charge on any atom is 0.338 e. The summed E-state index contributed by atoms with van der Waals surface area (Å²) in [6, 6.07) is 25.5. The molecule has 1 aliphatic carbocycles. The number of hydrogen-bond acceptors (Lipinski definition) is 3. The molecular weight excluding hydrogens is 388 g/mol. The fraction of sp³-hybridized carbons (Fsp3) is 0.154. The Balaban J connectivity index is 1.45. The molecule has 0 aliphatic heterocycles. The van der Waals surface area contributed by atoms with Crippen LogP contribution in [0.1, 0.15) is 28.3 Å². The summed E-state index contributed by atoms with van der Waals surface area (Å²) in [5, 5.41) is 3.76. The van der Waals surface area contributed by atoms with E-state index in [0.29, 0.717) is 11.3 Å². The van der Waals surface area contributed by atoms with Gasteiger partial charge in [-0.1, -0.05) is 60.7 Å². The van der Waals surface area contributed by atoms with Crippen LogP contribution in [0.25, 0.3) is 22.2 Å². The van der Waals surface area contributed by atoms with Crippen molar-refractivity contribution < 1.29 is 14.3 Å². The van der Waals surface area contributed by atoms with Crippen molar-refractivity contribution in [3.8, 4) is 11.3 Å². The number of carbonyl (C=O) groups excluding carboxylic acids is 2. The molecule has 154 valence electrons. The second-order valence-electron chi connectivity index (χ2n) is 7.87. The van der Waals surface area contributed by atoms with E-state index in [9.17, 15) is 9.59 Å². The Labute approximate surface area is 180 Å². The average Bonchev–Trinajstić information content (AvgIpc) is 3.51. The van der Waals surface area contributed by atoms with E-state index in [1.807, 2.05) is 60.7 Å². The molecule has 1 aliphatic rings. The zero-order valence-corrected chi connectivity index (χ0v) is 17.1. The molecule has 4 aromatic rings. The van der Waals surface area contributed by atoms with E-state index in [4.69, 9.17) is 4.74 Å². The summed E-state index contributed by atoms with van der Waals surface area (Å²) in [6.45, 7) is 0. The third kappa shape index (κ3) is 3.70. The Bertz CT molecular complexity index is 1260. The number of esters is 1. The van der Waals surface area contributed by atoms with E-state index in [1.54, 1.807) is 6.07 Å². The van der Waals surface area contributed by atoms with Crippen LogP contribution in [0.3, 0.4) is 0 Å². The van der Waals surface area contributed by atoms with E-state index in [0.717, 1.165) is 28.6 Å². The number of hydrogen-bond donors (Lipinski definition) is 2. The first-order chi connectivity index (χ1) is 15.1. The third-order valence-electron chi connectivity index (χ3n) is 5.85. The van der Waals surface area contributed by atoms with E-state index >= 15 is 0 Å². The van der Waals surface area contributed by atoms with Crippen molar-refractivity contribution in [1.29, 1.82) is 0 Å². The smallest absolute Gasteiger partial charge is 0.338 e. The number of aromatic nitrogens is 1. The molecule has 31 heavy (non-hydrogen) atoms. The lowest BCUT2D eigenvalue weighted by Gasteiger charge is -2.08. The molecule has 0 saturated heterocycles. The van der Waals surface area contributed by atoms with Gasteiger partial charge in [-0.2, -0.15) is 0 Å². The minimum absolute atomic E-state index is 0.0288. The number of nitrogens with one attached hydrogen (secondary N) is 2. The molecule has 1 heterocycles. The van der Waals surface area contributed by atoms with Gasteiger partial charge in [-0.05, 0) is 41.7 Å². The van der Waals surface area contributed by atoms with E-state index in [-0.39, 0.29) is 17.7 Å². The number of amides is 1. The number of aromatic amines is 1. The molecule has 2 N–H and O–H groups in total. The van der Waals surface area contributed by atoms with Gasteiger partial charge in [0.1, 0.15) is 0 Å². The van der Waals surface area contributed by atoms with Crippen LogP contribution in [0.15, 0.2) is 78.9 Å². The molecule has 2 atom stereocenters. The molecule has 5 nitrogen and oxygen atoms in total. The molecule has 1 amide bonds. The number of H-pyrrole nitrogens is 1. The Morgan fingerprint density at radius 3 is 2.39 bits per heavy atom. The van der Waals surface area contributed by atoms with Crippen LogP contribution in [0, 0.1) is 5.92 Å². The number of rotatable bonds is 5. The summed E-state index contributed by atoms with van der Waals surface area (Å²) in [6.07, 6.45) is 0.836. The molecule has 0 radical (unpaired) electrons. The SMILES string of the molecule is COC(=O)c1cc(NC(=O)C2CC2c2ccccc2)cc2[nH]c(-c3ccccc3)cc12. The molecular formula is C26H22N2O3. The van der Waals surface area contributed by atoms with Crippen LogP contribution >= 0.6 is 0 Å². The monoisotopic (exact) mass is 410 g/mol. The number of methoxy groups -OCH3 is 1. The summed E-state index contributed by atoms with van der Waals surface area (Å²) >= 11 is 0. The molecule has 1 fully saturated rings. The summed E-state index contributed by atoms with van der Waals surface area (Å²) in [4.78, 5) is 28.6. The highest BCUT2D eigenvalue weighted by molar-refractivity contribution is 6.08. The maximum absolute atomic E-state index is 12.8. The van der Waals surface area contributed by atoms with E-state index in [2.05, 4.69) is 22.4 Å². The Morgan fingerprint density at radius 2 is 1.68 bits per heavy atom. The zero-order chi connectivity index (χ0) is 21.4. The number of carbonyl (C=O) groups is 2. The van der Waals surface area contributed by atoms with Gasteiger partial charge in [0.2, 0.25) is 5.91 Å². The molecule has 5 rings (SSSR count). The van der Waals surface area contributed by atoms with Gasteiger partial charge in [0, 0.05) is 28.2 Å². The average molecular weight is 410 g/mol. The first kappa shape index (κ1) is 19.1. The summed E-state index contributed by atoms with van der Waals surface area (Å²) in [5.41, 5.74) is 4.87. The van der Waals surface area contributed by atoms with Crippen LogP contribution in [0.4, 0.5) is 5.69 Å². The second-order valence-corrected chi connectivity index (χ2v) is 7.87. The van der Waals surface area contributed by atoms with Crippen LogP contribution in [0.5, 0.6) is 0 Å². The van der Waals surface area contributed by atoms with Gasteiger partial charge in [0.05, 0.1) is 12.7 Å². The Hall–Kier alpha value is -3.86. The van der Waals surface area contributed by atoms with Crippen LogP contribution in [0.2, 0.25) is 0 Å². The first-order valence-electron chi connectivity index (χ1n) is 10.3. The third-order valence-corrected chi connectivity index (χ3v) is 5.85. The Kier molecular flexibility index (Phi) is 4.79. The summed E-state index contributed by atoms with van der Waals surface area (Å²) in [5.74, 6) is -0.268. The molecule has 3 aromatic carbocycles. The lowest BCUT2D eigenvalue weighted by atomic mass is 10.1. The van der Waals surface area contributed by atoms with Crippen molar-refractivity contribution in [3.05, 3.63) is 90.0 Å². The minimum Gasteiger partial charge on any atom is -0.465 e. The normalized spacial score (nSPS) is 17.3. The van der Waals surface area contributed by atoms with Gasteiger partial charge in [0.15, 0.2) is 0 Å². The second kappa shape index (κ2) is 7.76. The highest BCUT2D eigenvalue weighted by Crippen LogP contribution is 2.48. The van der Waals surface area contributed by atoms with Gasteiger partial charge in [-0.15, -0.1) is 0 Å². The molecule has 1 saturated carbocycles. The Morgan fingerprint density at radius 1 is 0.968 bits per heavy atom. The molecule has 2 unspecified atom stereocenters. The molecule has 0 bridgehead atoms. The summed E-state index contributed by atoms with van der Waals surface area (Å²) < 4.78 is 4.99. The number of fused-ring (bicyclic) bond motifs is 1. The molecule has 0 spiro atoms. The standard InChI is InChI=1S/C26H22N2O3/c1-31-26(30)22-12-18(27-25(29)21-14-19(21)16-8-4-2-5-9-16)13-24-20(22)15-23(28-24)17-10-6-3-7-11-17/h2-13,15,19,21,28H,14H2,1H3,(H,27,29). The van der Waals surface area contributed by atoms with Crippen LogP contribution in [-0.2, 0) is 9.53 Å². The largest absolute Gasteiger partial charge is 0.465 e. The van der Waals surface area contributed by atoms with Crippen LogP contribution in [-0.4, -0.2) is 24.0 Å². The quantitative estimate of drug-likeness (QED) is 0.435. The highest BCUT2D eigenvalue weighted by atomic mass is 16.5. The van der Waals surface area contributed by atoms with Gasteiger partial charge in [0.25, 0.3) is 0 Å². The topological polar surface area (TPSA) is 71.2 Å². The van der Waals surface area contributed by atoms with Crippen molar-refractivity contribution in [2.45, 2.75) is 12.3 Å². The fourth-order valence-corrected chi connectivity index (χ4v) is 4.15. The molecule has 5 heteroatoms. The number of anilines is 1. The van der Waals surface area contributed by atoms with E-state index in [1.165, 1.54) is 12.7 Å². The number of benzene rings is 3. The van der Waals surface area contributed by atoms with Crippen molar-refractivity contribution in [1.82, 2.24) is 4.98 Å². The fourth-order valence-electron chi connectivity index (χ4n) is 4.15. The van der Waals surface area contributed by atoms with Crippen molar-refractivity contribution in [2.24, 2.45) is 5.92 Å². The first-order valence-corrected chi connectivity index (χ1v) is 10.3. The van der Waals surface area contributed by atoms with Gasteiger partial charge < -0.3 is 15.0 Å².